The molecular formula is C16H16ClF. The molecule has 0 heterocycles. The van der Waals surface area contributed by atoms with Crippen LogP contribution in [0.5, 0.6) is 0 Å². The first-order valence-electron chi connectivity index (χ1n) is 6.19. The molecule has 0 aliphatic rings. The number of halogens is 2. The van der Waals surface area contributed by atoms with Gasteiger partial charge in [-0.25, -0.2) is 4.39 Å². The van der Waals surface area contributed by atoms with Crippen LogP contribution in [0.1, 0.15) is 35.4 Å². The zero-order chi connectivity index (χ0) is 13.0. The van der Waals surface area contributed by atoms with Gasteiger partial charge in [-0.05, 0) is 35.2 Å². The van der Waals surface area contributed by atoms with Gasteiger partial charge in [0.25, 0.3) is 0 Å². The Hall–Kier alpha value is -1.34. The van der Waals surface area contributed by atoms with Crippen molar-refractivity contribution in [1.29, 1.82) is 0 Å². The highest BCUT2D eigenvalue weighted by molar-refractivity contribution is 6.22. The van der Waals surface area contributed by atoms with Gasteiger partial charge in [-0.15, -0.1) is 11.6 Å². The van der Waals surface area contributed by atoms with Crippen LogP contribution in [0.25, 0.3) is 0 Å². The predicted molar refractivity (Wildman–Crippen MR) is 74.5 cm³/mol. The molecule has 94 valence electrons. The van der Waals surface area contributed by atoms with Crippen LogP contribution in [0.15, 0.2) is 48.5 Å². The van der Waals surface area contributed by atoms with E-state index < -0.39 is 0 Å². The van der Waals surface area contributed by atoms with Gasteiger partial charge in [0.1, 0.15) is 5.82 Å². The smallest absolute Gasteiger partial charge is 0.123 e. The zero-order valence-corrected chi connectivity index (χ0v) is 11.1. The lowest BCUT2D eigenvalue weighted by Crippen LogP contribution is -1.94. The second kappa shape index (κ2) is 6.01. The van der Waals surface area contributed by atoms with Crippen molar-refractivity contribution in [2.24, 2.45) is 0 Å². The van der Waals surface area contributed by atoms with Crippen LogP contribution in [0.4, 0.5) is 4.39 Å². The molecule has 0 N–H and O–H groups in total. The lowest BCUT2D eigenvalue weighted by molar-refractivity contribution is 0.627. The van der Waals surface area contributed by atoms with Crippen LogP contribution in [0, 0.1) is 5.82 Å². The van der Waals surface area contributed by atoms with Crippen molar-refractivity contribution in [3.8, 4) is 0 Å². The van der Waals surface area contributed by atoms with Gasteiger partial charge in [0, 0.05) is 0 Å². The van der Waals surface area contributed by atoms with Crippen molar-refractivity contribution >= 4 is 11.6 Å². The van der Waals surface area contributed by atoms with Crippen molar-refractivity contribution in [2.45, 2.75) is 25.1 Å². The third kappa shape index (κ3) is 3.11. The molecule has 2 aromatic rings. The molecule has 0 nitrogen and oxygen atoms in total. The second-order valence-electron chi connectivity index (χ2n) is 4.41. The van der Waals surface area contributed by atoms with E-state index >= 15 is 0 Å². The Bertz CT molecular complexity index is 488. The minimum atomic E-state index is -0.235. The normalized spacial score (nSPS) is 12.4. The summed E-state index contributed by atoms with van der Waals surface area (Å²) in [7, 11) is 0. The van der Waals surface area contributed by atoms with Crippen molar-refractivity contribution in [1.82, 2.24) is 0 Å². The summed E-state index contributed by atoms with van der Waals surface area (Å²) in [6, 6.07) is 14.7. The molecule has 0 aromatic heterocycles. The molecule has 18 heavy (non-hydrogen) atoms. The first kappa shape index (κ1) is 13.1. The molecule has 0 amide bonds. The molecule has 1 atom stereocenters. The molecule has 2 heteroatoms. The molecule has 0 aliphatic carbocycles. The third-order valence-electron chi connectivity index (χ3n) is 2.97. The van der Waals surface area contributed by atoms with E-state index in [1.54, 1.807) is 12.1 Å². The Morgan fingerprint density at radius 1 is 0.944 bits per heavy atom. The number of hydrogen-bond acceptors (Lipinski definition) is 0. The molecule has 1 unspecified atom stereocenters. The minimum Gasteiger partial charge on any atom is -0.207 e. The van der Waals surface area contributed by atoms with E-state index in [4.69, 9.17) is 11.6 Å². The fourth-order valence-corrected chi connectivity index (χ4v) is 2.26. The van der Waals surface area contributed by atoms with E-state index in [0.717, 1.165) is 24.0 Å². The van der Waals surface area contributed by atoms with Crippen molar-refractivity contribution in [3.05, 3.63) is 71.0 Å². The molecule has 2 aromatic carbocycles. The summed E-state index contributed by atoms with van der Waals surface area (Å²) < 4.78 is 12.8. The van der Waals surface area contributed by atoms with E-state index in [1.807, 2.05) is 12.1 Å². The molecule has 0 saturated heterocycles. The number of hydrogen-bond donors (Lipinski definition) is 0. The molecule has 0 bridgehead atoms. The van der Waals surface area contributed by atoms with E-state index in [-0.39, 0.29) is 11.2 Å². The van der Waals surface area contributed by atoms with Crippen LogP contribution in [0.3, 0.4) is 0 Å². The molecule has 0 aliphatic heterocycles. The van der Waals surface area contributed by atoms with Gasteiger partial charge in [0.15, 0.2) is 0 Å². The van der Waals surface area contributed by atoms with Gasteiger partial charge < -0.3 is 0 Å². The average molecular weight is 263 g/mol. The molecule has 0 fully saturated rings. The largest absolute Gasteiger partial charge is 0.207 e. The summed E-state index contributed by atoms with van der Waals surface area (Å²) in [5.41, 5.74) is 3.29. The quantitative estimate of drug-likeness (QED) is 0.672. The van der Waals surface area contributed by atoms with Gasteiger partial charge in [-0.2, -0.15) is 0 Å². The summed E-state index contributed by atoms with van der Waals surface area (Å²) in [6.45, 7) is 2.16. The third-order valence-corrected chi connectivity index (χ3v) is 3.48. The number of alkyl halides is 1. The van der Waals surface area contributed by atoms with Gasteiger partial charge in [0.05, 0.1) is 5.38 Å². The lowest BCUT2D eigenvalue weighted by Gasteiger charge is -2.11. The summed E-state index contributed by atoms with van der Waals surface area (Å²) in [6.07, 6.45) is 2.23. The molecule has 0 spiro atoms. The fourth-order valence-electron chi connectivity index (χ4n) is 1.97. The van der Waals surface area contributed by atoms with Crippen LogP contribution in [-0.4, -0.2) is 0 Å². The summed E-state index contributed by atoms with van der Waals surface area (Å²) in [5, 5.41) is -0.221. The Labute approximate surface area is 112 Å². The van der Waals surface area contributed by atoms with Crippen molar-refractivity contribution < 1.29 is 4.39 Å². The first-order valence-corrected chi connectivity index (χ1v) is 6.62. The van der Waals surface area contributed by atoms with Crippen molar-refractivity contribution in [2.75, 3.05) is 0 Å². The molecular weight excluding hydrogens is 247 g/mol. The minimum absolute atomic E-state index is 0.221. The van der Waals surface area contributed by atoms with E-state index in [9.17, 15) is 4.39 Å². The zero-order valence-electron chi connectivity index (χ0n) is 10.4. The maximum absolute atomic E-state index is 12.8. The summed E-state index contributed by atoms with van der Waals surface area (Å²) in [5.74, 6) is -0.235. The molecule has 2 rings (SSSR count). The Kier molecular flexibility index (Phi) is 4.38. The number of rotatable bonds is 4. The van der Waals surface area contributed by atoms with Crippen LogP contribution < -0.4 is 0 Å². The maximum atomic E-state index is 12.8. The fraction of sp³-hybridized carbons (Fsp3) is 0.250. The Morgan fingerprint density at radius 3 is 1.94 bits per heavy atom. The first-order chi connectivity index (χ1) is 8.70. The molecule has 0 radical (unpaired) electrons. The van der Waals surface area contributed by atoms with Crippen LogP contribution in [0.2, 0.25) is 0 Å². The summed E-state index contributed by atoms with van der Waals surface area (Å²) >= 11 is 6.39. The number of benzene rings is 2. The van der Waals surface area contributed by atoms with Gasteiger partial charge in [-0.1, -0.05) is 49.7 Å². The highest BCUT2D eigenvalue weighted by Crippen LogP contribution is 2.28. The molecule has 0 saturated carbocycles. The van der Waals surface area contributed by atoms with E-state index in [2.05, 4.69) is 19.1 Å². The summed E-state index contributed by atoms with van der Waals surface area (Å²) in [4.78, 5) is 0. The van der Waals surface area contributed by atoms with Gasteiger partial charge in [-0.3, -0.25) is 0 Å². The predicted octanol–water partition coefficient (Wildman–Crippen LogP) is 5.11. The average Bonchev–Trinajstić information content (AvgIpc) is 2.40. The van der Waals surface area contributed by atoms with Gasteiger partial charge >= 0.3 is 0 Å². The van der Waals surface area contributed by atoms with E-state index in [1.165, 1.54) is 17.7 Å². The topological polar surface area (TPSA) is 0 Å². The standard InChI is InChI=1S/C16H16ClF/c1-2-3-12-4-6-13(7-5-12)16(17)14-8-10-15(18)11-9-14/h4-11,16H,2-3H2,1H3. The van der Waals surface area contributed by atoms with Crippen LogP contribution in [-0.2, 0) is 6.42 Å². The lowest BCUT2D eigenvalue weighted by atomic mass is 10.0. The maximum Gasteiger partial charge on any atom is 0.123 e. The number of aryl methyl sites for hydroxylation is 1. The van der Waals surface area contributed by atoms with Crippen molar-refractivity contribution in [3.63, 3.8) is 0 Å². The van der Waals surface area contributed by atoms with E-state index in [0.29, 0.717) is 0 Å². The Morgan fingerprint density at radius 2 is 1.44 bits per heavy atom. The SMILES string of the molecule is CCCc1ccc(C(Cl)c2ccc(F)cc2)cc1. The van der Waals surface area contributed by atoms with Gasteiger partial charge in [0.2, 0.25) is 0 Å². The highest BCUT2D eigenvalue weighted by atomic mass is 35.5. The van der Waals surface area contributed by atoms with Crippen LogP contribution >= 0.6 is 11.6 Å². The monoisotopic (exact) mass is 262 g/mol. The highest BCUT2D eigenvalue weighted by Gasteiger charge is 2.10. The Balaban J connectivity index is 2.17. The second-order valence-corrected chi connectivity index (χ2v) is 4.84.